The van der Waals surface area contributed by atoms with Gasteiger partial charge in [0.1, 0.15) is 5.00 Å². The predicted octanol–water partition coefficient (Wildman–Crippen LogP) is 4.81. The summed E-state index contributed by atoms with van der Waals surface area (Å²) in [7, 11) is 0. The number of aromatic nitrogens is 1. The number of anilines is 1. The minimum atomic E-state index is -0.377. The summed E-state index contributed by atoms with van der Waals surface area (Å²) >= 11 is 1.58. The van der Waals surface area contributed by atoms with Crippen molar-refractivity contribution in [1.29, 1.82) is 0 Å². The van der Waals surface area contributed by atoms with Crippen molar-refractivity contribution in [2.75, 3.05) is 11.9 Å². The highest BCUT2D eigenvalue weighted by Crippen LogP contribution is 2.41. The highest BCUT2D eigenvalue weighted by molar-refractivity contribution is 7.16. The molecule has 7 heteroatoms. The number of thiophene rings is 1. The van der Waals surface area contributed by atoms with Crippen LogP contribution in [0.25, 0.3) is 0 Å². The highest BCUT2D eigenvalue weighted by Gasteiger charge is 2.26. The monoisotopic (exact) mass is 419 g/mol. The molecule has 0 bridgehead atoms. The standard InChI is InChI=1S/C23H21N3O3S/c1-2-29-23(28)16-8-10-17(11-9-16)26-21(27)20-18-6-3-7-19(18)30-22(20)25-14-15-5-4-12-24-13-15/h4-5,8-14H,2-3,6-7H2,1H3,(H,26,27). The summed E-state index contributed by atoms with van der Waals surface area (Å²) in [6, 6.07) is 10.5. The minimum absolute atomic E-state index is 0.184. The lowest BCUT2D eigenvalue weighted by Gasteiger charge is -2.08. The third kappa shape index (κ3) is 4.31. The molecule has 0 spiro atoms. The molecule has 0 radical (unpaired) electrons. The van der Waals surface area contributed by atoms with Crippen LogP contribution in [0.1, 0.15) is 50.1 Å². The largest absolute Gasteiger partial charge is 0.462 e. The molecule has 0 fully saturated rings. The summed E-state index contributed by atoms with van der Waals surface area (Å²) in [6.07, 6.45) is 8.11. The van der Waals surface area contributed by atoms with E-state index in [1.165, 1.54) is 4.88 Å². The number of rotatable bonds is 6. The maximum absolute atomic E-state index is 13.1. The lowest BCUT2D eigenvalue weighted by atomic mass is 10.1. The van der Waals surface area contributed by atoms with Gasteiger partial charge in [-0.2, -0.15) is 0 Å². The Morgan fingerprint density at radius 3 is 2.80 bits per heavy atom. The molecule has 1 N–H and O–H groups in total. The Morgan fingerprint density at radius 1 is 1.23 bits per heavy atom. The van der Waals surface area contributed by atoms with Gasteiger partial charge < -0.3 is 10.1 Å². The smallest absolute Gasteiger partial charge is 0.338 e. The number of amides is 1. The Kier molecular flexibility index (Phi) is 5.99. The van der Waals surface area contributed by atoms with Crippen LogP contribution in [0, 0.1) is 0 Å². The molecule has 152 valence electrons. The predicted molar refractivity (Wildman–Crippen MR) is 118 cm³/mol. The van der Waals surface area contributed by atoms with Gasteiger partial charge in [-0.05, 0) is 62.1 Å². The number of aliphatic imine (C=N–C) groups is 1. The van der Waals surface area contributed by atoms with Gasteiger partial charge in [0, 0.05) is 34.7 Å². The number of benzene rings is 1. The van der Waals surface area contributed by atoms with Gasteiger partial charge in [0.15, 0.2) is 0 Å². The molecule has 6 nitrogen and oxygen atoms in total. The van der Waals surface area contributed by atoms with E-state index in [1.807, 2.05) is 12.1 Å². The summed E-state index contributed by atoms with van der Waals surface area (Å²) in [5.74, 6) is -0.560. The number of ether oxygens (including phenoxy) is 1. The highest BCUT2D eigenvalue weighted by atomic mass is 32.1. The molecule has 3 aromatic rings. The summed E-state index contributed by atoms with van der Waals surface area (Å²) in [5, 5.41) is 3.65. The molecule has 0 saturated heterocycles. The van der Waals surface area contributed by atoms with Gasteiger partial charge in [-0.15, -0.1) is 11.3 Å². The average molecular weight is 420 g/mol. The molecule has 2 heterocycles. The fourth-order valence-corrected chi connectivity index (χ4v) is 4.63. The van der Waals surface area contributed by atoms with Crippen LogP contribution in [0.2, 0.25) is 0 Å². The molecule has 0 aliphatic heterocycles. The zero-order chi connectivity index (χ0) is 20.9. The van der Waals surface area contributed by atoms with Crippen molar-refractivity contribution in [2.24, 2.45) is 4.99 Å². The van der Waals surface area contributed by atoms with E-state index in [0.717, 1.165) is 30.4 Å². The van der Waals surface area contributed by atoms with Crippen LogP contribution in [0.3, 0.4) is 0 Å². The van der Waals surface area contributed by atoms with E-state index in [2.05, 4.69) is 15.3 Å². The Labute approximate surface area is 178 Å². The molecule has 30 heavy (non-hydrogen) atoms. The molecule has 1 aromatic carbocycles. The van der Waals surface area contributed by atoms with E-state index < -0.39 is 0 Å². The van der Waals surface area contributed by atoms with E-state index in [4.69, 9.17) is 4.74 Å². The maximum Gasteiger partial charge on any atom is 0.338 e. The number of carbonyl (C=O) groups is 2. The zero-order valence-electron chi connectivity index (χ0n) is 16.6. The lowest BCUT2D eigenvalue weighted by Crippen LogP contribution is -2.13. The van der Waals surface area contributed by atoms with Crippen LogP contribution < -0.4 is 5.32 Å². The maximum atomic E-state index is 13.1. The fourth-order valence-electron chi connectivity index (χ4n) is 3.40. The first-order chi connectivity index (χ1) is 14.7. The second-order valence-corrected chi connectivity index (χ2v) is 7.92. The van der Waals surface area contributed by atoms with Crippen molar-refractivity contribution in [2.45, 2.75) is 26.2 Å². The van der Waals surface area contributed by atoms with Crippen molar-refractivity contribution in [3.63, 3.8) is 0 Å². The SMILES string of the molecule is CCOC(=O)c1ccc(NC(=O)c2c(N=Cc3cccnc3)sc3c2CCC3)cc1. The third-order valence-corrected chi connectivity index (χ3v) is 6.00. The molecular formula is C23H21N3O3S. The number of esters is 1. The van der Waals surface area contributed by atoms with Crippen molar-refractivity contribution in [3.05, 3.63) is 75.9 Å². The third-order valence-electron chi connectivity index (χ3n) is 4.80. The summed E-state index contributed by atoms with van der Waals surface area (Å²) in [6.45, 7) is 2.09. The van der Waals surface area contributed by atoms with Crippen molar-refractivity contribution >= 4 is 40.1 Å². The number of fused-ring (bicyclic) bond motifs is 1. The van der Waals surface area contributed by atoms with Crippen LogP contribution in [-0.2, 0) is 17.6 Å². The van der Waals surface area contributed by atoms with E-state index >= 15 is 0 Å². The molecule has 1 aliphatic rings. The minimum Gasteiger partial charge on any atom is -0.462 e. The molecule has 0 atom stereocenters. The van der Waals surface area contributed by atoms with E-state index in [-0.39, 0.29) is 11.9 Å². The number of nitrogens with one attached hydrogen (secondary N) is 1. The van der Waals surface area contributed by atoms with Gasteiger partial charge in [0.2, 0.25) is 0 Å². The molecule has 0 unspecified atom stereocenters. The van der Waals surface area contributed by atoms with Crippen LogP contribution >= 0.6 is 11.3 Å². The second-order valence-electron chi connectivity index (χ2n) is 6.83. The Hall–Kier alpha value is -3.32. The first-order valence-corrected chi connectivity index (χ1v) is 10.6. The van der Waals surface area contributed by atoms with Crippen molar-refractivity contribution < 1.29 is 14.3 Å². The Bertz CT molecular complexity index is 1090. The normalized spacial score (nSPS) is 12.7. The number of hydrogen-bond donors (Lipinski definition) is 1. The van der Waals surface area contributed by atoms with Crippen LogP contribution in [-0.4, -0.2) is 29.7 Å². The molecule has 1 amide bonds. The zero-order valence-corrected chi connectivity index (χ0v) is 17.4. The quantitative estimate of drug-likeness (QED) is 0.459. The summed E-state index contributed by atoms with van der Waals surface area (Å²) < 4.78 is 4.99. The van der Waals surface area contributed by atoms with E-state index in [0.29, 0.717) is 28.4 Å². The summed E-state index contributed by atoms with van der Waals surface area (Å²) in [5.41, 5.74) is 3.69. The molecule has 1 aliphatic carbocycles. The van der Waals surface area contributed by atoms with Crippen LogP contribution in [0.4, 0.5) is 10.7 Å². The van der Waals surface area contributed by atoms with Crippen molar-refractivity contribution in [1.82, 2.24) is 4.98 Å². The number of aryl methyl sites for hydroxylation is 1. The van der Waals surface area contributed by atoms with Crippen molar-refractivity contribution in [3.8, 4) is 0 Å². The Morgan fingerprint density at radius 2 is 2.07 bits per heavy atom. The first kappa shape index (κ1) is 20.0. The van der Waals surface area contributed by atoms with Gasteiger partial charge in [-0.1, -0.05) is 6.07 Å². The van der Waals surface area contributed by atoms with Gasteiger partial charge >= 0.3 is 5.97 Å². The average Bonchev–Trinajstić information content (AvgIpc) is 3.34. The van der Waals surface area contributed by atoms with Gasteiger partial charge in [0.05, 0.1) is 17.7 Å². The van der Waals surface area contributed by atoms with Crippen LogP contribution in [0.5, 0.6) is 0 Å². The topological polar surface area (TPSA) is 80.6 Å². The lowest BCUT2D eigenvalue weighted by molar-refractivity contribution is 0.0526. The number of carbonyl (C=O) groups excluding carboxylic acids is 2. The van der Waals surface area contributed by atoms with Crippen LogP contribution in [0.15, 0.2) is 53.8 Å². The van der Waals surface area contributed by atoms with Gasteiger partial charge in [-0.3, -0.25) is 9.78 Å². The second kappa shape index (κ2) is 9.00. The fraction of sp³-hybridized carbons (Fsp3) is 0.217. The molecule has 2 aromatic heterocycles. The van der Waals surface area contributed by atoms with E-state index in [1.54, 1.807) is 61.1 Å². The molecule has 4 rings (SSSR count). The first-order valence-electron chi connectivity index (χ1n) is 9.83. The van der Waals surface area contributed by atoms with E-state index in [9.17, 15) is 9.59 Å². The van der Waals surface area contributed by atoms with Gasteiger partial charge in [-0.25, -0.2) is 9.79 Å². The van der Waals surface area contributed by atoms with Gasteiger partial charge in [0.25, 0.3) is 5.91 Å². The number of hydrogen-bond acceptors (Lipinski definition) is 6. The summed E-state index contributed by atoms with van der Waals surface area (Å²) in [4.78, 5) is 34.8. The molecular weight excluding hydrogens is 398 g/mol. The Balaban J connectivity index is 1.56. The molecule has 0 saturated carbocycles. The number of nitrogens with zero attached hydrogens (tertiary/aromatic N) is 2. The number of pyridine rings is 1.